The van der Waals surface area contributed by atoms with Gasteiger partial charge in [0.2, 0.25) is 0 Å². The summed E-state index contributed by atoms with van der Waals surface area (Å²) in [5, 5.41) is 40.4. The van der Waals surface area contributed by atoms with Gasteiger partial charge in [-0.3, -0.25) is 0 Å². The van der Waals surface area contributed by atoms with Crippen LogP contribution >= 0.6 is 11.6 Å². The molecule has 0 spiro atoms. The molecule has 2 aliphatic heterocycles. The third kappa shape index (κ3) is 5.06. The number of hydrogen-bond acceptors (Lipinski definition) is 7. The van der Waals surface area contributed by atoms with Crippen molar-refractivity contribution in [1.29, 1.82) is 0 Å². The summed E-state index contributed by atoms with van der Waals surface area (Å²) in [4.78, 5) is 0. The van der Waals surface area contributed by atoms with Crippen molar-refractivity contribution in [2.45, 2.75) is 43.4 Å². The van der Waals surface area contributed by atoms with E-state index < -0.39 is 49.0 Å². The normalized spacial score (nSPS) is 28.5. The van der Waals surface area contributed by atoms with Crippen LogP contribution in [-0.2, 0) is 15.9 Å². The molecule has 7 nitrogen and oxygen atoms in total. The van der Waals surface area contributed by atoms with Crippen LogP contribution in [-0.4, -0.2) is 77.7 Å². The van der Waals surface area contributed by atoms with Crippen molar-refractivity contribution in [3.05, 3.63) is 64.2 Å². The summed E-state index contributed by atoms with van der Waals surface area (Å²) in [6, 6.07) is 12.0. The van der Waals surface area contributed by atoms with Crippen LogP contribution in [0.5, 0.6) is 5.75 Å². The van der Waals surface area contributed by atoms with Crippen LogP contribution in [0.25, 0.3) is 0 Å². The molecule has 0 saturated carbocycles. The molecule has 2 fully saturated rings. The lowest BCUT2D eigenvalue weighted by Crippen LogP contribution is -2.55. The number of alkyl halides is 2. The minimum Gasteiger partial charge on any atom is -0.493 e. The SMILES string of the molecule is OCC1OC(c2ccc(Cl)c(Cc3ccc(OCC4(C(F)F)COC4)cc3)c2)C(O)C(O)C1O. The highest BCUT2D eigenvalue weighted by Gasteiger charge is 2.48. The zero-order chi connectivity index (χ0) is 24.5. The fourth-order valence-electron chi connectivity index (χ4n) is 4.07. The number of halogens is 3. The Morgan fingerprint density at radius 1 is 1.03 bits per heavy atom. The van der Waals surface area contributed by atoms with Crippen LogP contribution in [0.1, 0.15) is 22.8 Å². The van der Waals surface area contributed by atoms with Crippen molar-refractivity contribution in [2.24, 2.45) is 5.41 Å². The summed E-state index contributed by atoms with van der Waals surface area (Å²) in [5.41, 5.74) is 0.900. The van der Waals surface area contributed by atoms with Gasteiger partial charge in [0.25, 0.3) is 6.43 Å². The molecule has 4 rings (SSSR count). The molecule has 2 aromatic carbocycles. The third-order valence-electron chi connectivity index (χ3n) is 6.38. The summed E-state index contributed by atoms with van der Waals surface area (Å²) in [5.74, 6) is 0.469. The number of benzene rings is 2. The fraction of sp³-hybridized carbons (Fsp3) is 0.500. The first-order valence-corrected chi connectivity index (χ1v) is 11.3. The molecule has 2 aliphatic rings. The molecule has 5 unspecified atom stereocenters. The van der Waals surface area contributed by atoms with E-state index in [0.717, 1.165) is 11.1 Å². The standard InChI is InChI=1S/C24H27ClF2O7/c25-17-6-3-14(22-21(31)20(30)19(29)18(9-28)34-22)8-15(17)7-13-1-4-16(5-2-13)33-12-24(23(26)27)10-32-11-24/h1-6,8,18-23,28-31H,7,9-12H2. The van der Waals surface area contributed by atoms with Crippen molar-refractivity contribution < 1.29 is 43.4 Å². The van der Waals surface area contributed by atoms with Gasteiger partial charge in [-0.25, -0.2) is 8.78 Å². The Bertz CT molecular complexity index is 968. The molecule has 10 heteroatoms. The Kier molecular flexibility index (Phi) is 7.73. The molecule has 5 atom stereocenters. The minimum atomic E-state index is -2.52. The van der Waals surface area contributed by atoms with Crippen molar-refractivity contribution in [1.82, 2.24) is 0 Å². The second-order valence-electron chi connectivity index (χ2n) is 8.87. The summed E-state index contributed by atoms with van der Waals surface area (Å²) in [6.07, 6.45) is -8.35. The van der Waals surface area contributed by atoms with Crippen molar-refractivity contribution in [3.8, 4) is 5.75 Å². The molecule has 2 heterocycles. The van der Waals surface area contributed by atoms with Gasteiger partial charge in [0, 0.05) is 5.02 Å². The fourth-order valence-corrected chi connectivity index (χ4v) is 4.26. The van der Waals surface area contributed by atoms with Gasteiger partial charge >= 0.3 is 0 Å². The largest absolute Gasteiger partial charge is 0.493 e. The quantitative estimate of drug-likeness (QED) is 0.439. The average molecular weight is 501 g/mol. The molecular formula is C24H27ClF2O7. The van der Waals surface area contributed by atoms with Crippen molar-refractivity contribution >= 4 is 11.6 Å². The van der Waals surface area contributed by atoms with Gasteiger partial charge < -0.3 is 34.6 Å². The zero-order valence-electron chi connectivity index (χ0n) is 18.2. The number of aliphatic hydroxyl groups is 4. The van der Waals surface area contributed by atoms with Gasteiger partial charge in [0.05, 0.1) is 19.8 Å². The first kappa shape index (κ1) is 25.2. The van der Waals surface area contributed by atoms with E-state index in [2.05, 4.69) is 0 Å². The topological polar surface area (TPSA) is 109 Å². The second-order valence-corrected chi connectivity index (χ2v) is 9.27. The van der Waals surface area contributed by atoms with Crippen molar-refractivity contribution in [2.75, 3.05) is 26.4 Å². The monoisotopic (exact) mass is 500 g/mol. The lowest BCUT2D eigenvalue weighted by atomic mass is 9.87. The summed E-state index contributed by atoms with van der Waals surface area (Å²) in [7, 11) is 0. The highest BCUT2D eigenvalue weighted by atomic mass is 35.5. The predicted molar refractivity (Wildman–Crippen MR) is 118 cm³/mol. The number of aliphatic hydroxyl groups excluding tert-OH is 4. The molecular weight excluding hydrogens is 474 g/mol. The van der Waals surface area contributed by atoms with Crippen LogP contribution < -0.4 is 4.74 Å². The molecule has 2 aromatic rings. The maximum Gasteiger partial charge on any atom is 0.251 e. The maximum absolute atomic E-state index is 13.2. The lowest BCUT2D eigenvalue weighted by Gasteiger charge is -2.40. The van der Waals surface area contributed by atoms with Crippen LogP contribution in [0, 0.1) is 5.41 Å². The average Bonchev–Trinajstić information content (AvgIpc) is 2.79. The van der Waals surface area contributed by atoms with Crippen LogP contribution in [0.3, 0.4) is 0 Å². The molecule has 0 amide bonds. The van der Waals surface area contributed by atoms with E-state index in [1.54, 1.807) is 42.5 Å². The second kappa shape index (κ2) is 10.4. The molecule has 2 saturated heterocycles. The summed E-state index contributed by atoms with van der Waals surface area (Å²) in [6.45, 7) is -0.684. The Hall–Kier alpha value is -1.85. The molecule has 0 bridgehead atoms. The van der Waals surface area contributed by atoms with Gasteiger partial charge in [0.1, 0.15) is 48.3 Å². The van der Waals surface area contributed by atoms with Crippen molar-refractivity contribution in [3.63, 3.8) is 0 Å². The Morgan fingerprint density at radius 3 is 2.32 bits per heavy atom. The highest BCUT2D eigenvalue weighted by molar-refractivity contribution is 6.31. The van der Waals surface area contributed by atoms with Gasteiger partial charge in [0.15, 0.2) is 0 Å². The van der Waals surface area contributed by atoms with E-state index in [4.69, 9.17) is 25.8 Å². The third-order valence-corrected chi connectivity index (χ3v) is 6.75. The summed E-state index contributed by atoms with van der Waals surface area (Å²) >= 11 is 6.37. The molecule has 34 heavy (non-hydrogen) atoms. The number of ether oxygens (including phenoxy) is 3. The van der Waals surface area contributed by atoms with Crippen LogP contribution in [0.2, 0.25) is 5.02 Å². The van der Waals surface area contributed by atoms with E-state index in [-0.39, 0.29) is 19.8 Å². The molecule has 186 valence electrons. The van der Waals surface area contributed by atoms with Gasteiger partial charge in [-0.2, -0.15) is 0 Å². The molecule has 4 N–H and O–H groups in total. The van der Waals surface area contributed by atoms with Crippen LogP contribution in [0.15, 0.2) is 42.5 Å². The Morgan fingerprint density at radius 2 is 1.74 bits per heavy atom. The van der Waals surface area contributed by atoms with E-state index in [1.807, 2.05) is 0 Å². The Balaban J connectivity index is 1.44. The lowest BCUT2D eigenvalue weighted by molar-refractivity contribution is -0.231. The van der Waals surface area contributed by atoms with Crippen LogP contribution in [0.4, 0.5) is 8.78 Å². The Labute approximate surface area is 200 Å². The first-order valence-electron chi connectivity index (χ1n) is 10.9. The molecule has 0 aromatic heterocycles. The number of rotatable bonds is 8. The smallest absolute Gasteiger partial charge is 0.251 e. The van der Waals surface area contributed by atoms with Gasteiger partial charge in [-0.1, -0.05) is 35.9 Å². The summed E-state index contributed by atoms with van der Waals surface area (Å²) < 4.78 is 42.6. The van der Waals surface area contributed by atoms with E-state index in [1.165, 1.54) is 0 Å². The molecule has 0 aliphatic carbocycles. The van der Waals surface area contributed by atoms with E-state index in [9.17, 15) is 29.2 Å². The minimum absolute atomic E-state index is 0.0218. The van der Waals surface area contributed by atoms with E-state index in [0.29, 0.717) is 22.8 Å². The van der Waals surface area contributed by atoms with Gasteiger partial charge in [-0.05, 0) is 41.3 Å². The first-order chi connectivity index (χ1) is 16.2. The maximum atomic E-state index is 13.2. The number of hydrogen-bond donors (Lipinski definition) is 4. The van der Waals surface area contributed by atoms with Gasteiger partial charge in [-0.15, -0.1) is 0 Å². The predicted octanol–water partition coefficient (Wildman–Crippen LogP) is 2.11. The van der Waals surface area contributed by atoms with E-state index >= 15 is 0 Å². The highest BCUT2D eigenvalue weighted by Crippen LogP contribution is 2.36. The zero-order valence-corrected chi connectivity index (χ0v) is 18.9. The molecule has 0 radical (unpaired) electrons.